The quantitative estimate of drug-likeness (QED) is 0.829. The summed E-state index contributed by atoms with van der Waals surface area (Å²) in [4.78, 5) is 7.16. The highest BCUT2D eigenvalue weighted by atomic mass is 32.1. The van der Waals surface area contributed by atoms with Gasteiger partial charge in [-0.25, -0.2) is 4.98 Å². The molecule has 0 aromatic carbocycles. The summed E-state index contributed by atoms with van der Waals surface area (Å²) in [6.45, 7) is 11.6. The van der Waals surface area contributed by atoms with Crippen LogP contribution in [0.25, 0.3) is 0 Å². The van der Waals surface area contributed by atoms with Crippen molar-refractivity contribution in [3.05, 3.63) is 16.1 Å². The molecule has 1 fully saturated rings. The van der Waals surface area contributed by atoms with Crippen LogP contribution in [-0.4, -0.2) is 35.2 Å². The standard InChI is InChI=1S/C13H22N2OS/c1-9(2)13-14-12(8-17-13)6-15-5-11(4)16-7-10(15)3/h8-11H,5-7H2,1-4H3. The van der Waals surface area contributed by atoms with Gasteiger partial charge in [0, 0.05) is 30.4 Å². The first-order valence-electron chi connectivity index (χ1n) is 6.36. The molecule has 2 unspecified atom stereocenters. The molecule has 1 aromatic rings. The minimum Gasteiger partial charge on any atom is -0.376 e. The van der Waals surface area contributed by atoms with Crippen LogP contribution in [-0.2, 0) is 11.3 Å². The minimum atomic E-state index is 0.342. The summed E-state index contributed by atoms with van der Waals surface area (Å²) in [5.74, 6) is 0.537. The molecule has 17 heavy (non-hydrogen) atoms. The van der Waals surface area contributed by atoms with Crippen LogP contribution in [0.2, 0.25) is 0 Å². The largest absolute Gasteiger partial charge is 0.376 e. The van der Waals surface area contributed by atoms with Crippen LogP contribution in [0.3, 0.4) is 0 Å². The number of aromatic nitrogens is 1. The molecule has 1 aromatic heterocycles. The fraction of sp³-hybridized carbons (Fsp3) is 0.769. The van der Waals surface area contributed by atoms with Crippen molar-refractivity contribution >= 4 is 11.3 Å². The van der Waals surface area contributed by atoms with Crippen LogP contribution < -0.4 is 0 Å². The third-order valence-corrected chi connectivity index (χ3v) is 4.36. The fourth-order valence-corrected chi connectivity index (χ4v) is 2.89. The lowest BCUT2D eigenvalue weighted by Crippen LogP contribution is -2.46. The lowest BCUT2D eigenvalue weighted by Gasteiger charge is -2.36. The Balaban J connectivity index is 1.98. The van der Waals surface area contributed by atoms with E-state index in [0.29, 0.717) is 18.1 Å². The van der Waals surface area contributed by atoms with Gasteiger partial charge in [-0.05, 0) is 13.8 Å². The predicted molar refractivity (Wildman–Crippen MR) is 71.5 cm³/mol. The summed E-state index contributed by atoms with van der Waals surface area (Å²) in [6.07, 6.45) is 0.342. The van der Waals surface area contributed by atoms with E-state index >= 15 is 0 Å². The van der Waals surface area contributed by atoms with Crippen molar-refractivity contribution in [2.24, 2.45) is 0 Å². The molecule has 3 nitrogen and oxygen atoms in total. The Morgan fingerprint density at radius 2 is 2.29 bits per heavy atom. The molecule has 2 rings (SSSR count). The summed E-state index contributed by atoms with van der Waals surface area (Å²) in [5, 5.41) is 3.44. The molecular weight excluding hydrogens is 232 g/mol. The van der Waals surface area contributed by atoms with E-state index in [1.54, 1.807) is 11.3 Å². The van der Waals surface area contributed by atoms with E-state index in [4.69, 9.17) is 9.72 Å². The Morgan fingerprint density at radius 1 is 1.53 bits per heavy atom. The van der Waals surface area contributed by atoms with Crippen LogP contribution >= 0.6 is 11.3 Å². The average molecular weight is 254 g/mol. The Kier molecular flexibility index (Phi) is 4.17. The lowest BCUT2D eigenvalue weighted by atomic mass is 10.2. The summed E-state index contributed by atoms with van der Waals surface area (Å²) >= 11 is 1.78. The smallest absolute Gasteiger partial charge is 0.0954 e. The Morgan fingerprint density at radius 3 is 2.94 bits per heavy atom. The molecule has 1 aliphatic heterocycles. The second-order valence-corrected chi connectivity index (χ2v) is 6.14. The molecule has 0 N–H and O–H groups in total. The van der Waals surface area contributed by atoms with Crippen molar-refractivity contribution in [1.29, 1.82) is 0 Å². The van der Waals surface area contributed by atoms with Crippen molar-refractivity contribution in [1.82, 2.24) is 9.88 Å². The molecule has 4 heteroatoms. The second kappa shape index (κ2) is 5.46. The molecule has 0 spiro atoms. The lowest BCUT2D eigenvalue weighted by molar-refractivity contribution is -0.0530. The molecule has 0 radical (unpaired) electrons. The summed E-state index contributed by atoms with van der Waals surface area (Å²) in [5.41, 5.74) is 1.21. The number of ether oxygens (including phenoxy) is 1. The van der Waals surface area contributed by atoms with Gasteiger partial charge < -0.3 is 4.74 Å². The molecule has 1 aliphatic rings. The highest BCUT2D eigenvalue weighted by molar-refractivity contribution is 7.09. The Bertz CT molecular complexity index is 364. The first-order valence-corrected chi connectivity index (χ1v) is 7.24. The highest BCUT2D eigenvalue weighted by Crippen LogP contribution is 2.21. The van der Waals surface area contributed by atoms with Crippen molar-refractivity contribution < 1.29 is 4.74 Å². The van der Waals surface area contributed by atoms with Gasteiger partial charge in [0.25, 0.3) is 0 Å². The van der Waals surface area contributed by atoms with Crippen molar-refractivity contribution in [3.8, 4) is 0 Å². The zero-order valence-electron chi connectivity index (χ0n) is 11.1. The molecule has 2 heterocycles. The second-order valence-electron chi connectivity index (χ2n) is 5.25. The monoisotopic (exact) mass is 254 g/mol. The molecule has 96 valence electrons. The van der Waals surface area contributed by atoms with Gasteiger partial charge in [0.15, 0.2) is 0 Å². The zero-order chi connectivity index (χ0) is 12.4. The molecule has 0 amide bonds. The number of nitrogens with zero attached hydrogens (tertiary/aromatic N) is 2. The molecule has 0 bridgehead atoms. The molecule has 2 atom stereocenters. The zero-order valence-corrected chi connectivity index (χ0v) is 12.0. The van der Waals surface area contributed by atoms with E-state index in [1.807, 2.05) is 0 Å². The van der Waals surface area contributed by atoms with Crippen LogP contribution in [0.5, 0.6) is 0 Å². The van der Waals surface area contributed by atoms with Gasteiger partial charge in [0.05, 0.1) is 23.4 Å². The maximum Gasteiger partial charge on any atom is 0.0954 e. The molecular formula is C13H22N2OS. The van der Waals surface area contributed by atoms with Crippen molar-refractivity contribution in [2.45, 2.75) is 52.3 Å². The van der Waals surface area contributed by atoms with E-state index in [0.717, 1.165) is 19.7 Å². The van der Waals surface area contributed by atoms with Crippen LogP contribution in [0, 0.1) is 0 Å². The summed E-state index contributed by atoms with van der Waals surface area (Å²) in [7, 11) is 0. The number of hydrogen-bond acceptors (Lipinski definition) is 4. The van der Waals surface area contributed by atoms with Gasteiger partial charge in [-0.3, -0.25) is 4.90 Å². The van der Waals surface area contributed by atoms with Gasteiger partial charge in [-0.1, -0.05) is 13.8 Å². The van der Waals surface area contributed by atoms with Crippen LogP contribution in [0.15, 0.2) is 5.38 Å². The molecule has 0 aliphatic carbocycles. The minimum absolute atomic E-state index is 0.342. The first-order chi connectivity index (χ1) is 8.06. The molecule has 0 saturated carbocycles. The van der Waals surface area contributed by atoms with Crippen molar-refractivity contribution in [3.63, 3.8) is 0 Å². The maximum atomic E-state index is 5.64. The average Bonchev–Trinajstić information content (AvgIpc) is 2.72. The SMILES string of the molecule is CC1CN(Cc2csc(C(C)C)n2)C(C)CO1. The van der Waals surface area contributed by atoms with Crippen LogP contribution in [0.1, 0.15) is 44.3 Å². The van der Waals surface area contributed by atoms with E-state index in [-0.39, 0.29) is 0 Å². The third kappa shape index (κ3) is 3.27. The normalized spacial score (nSPS) is 26.6. The van der Waals surface area contributed by atoms with Gasteiger partial charge in [-0.2, -0.15) is 0 Å². The van der Waals surface area contributed by atoms with Gasteiger partial charge >= 0.3 is 0 Å². The number of rotatable bonds is 3. The summed E-state index contributed by atoms with van der Waals surface area (Å²) < 4.78 is 5.64. The van der Waals surface area contributed by atoms with Crippen LogP contribution in [0.4, 0.5) is 0 Å². The van der Waals surface area contributed by atoms with E-state index in [1.165, 1.54) is 10.7 Å². The number of morpholine rings is 1. The van der Waals surface area contributed by atoms with Gasteiger partial charge in [-0.15, -0.1) is 11.3 Å². The Hall–Kier alpha value is -0.450. The van der Waals surface area contributed by atoms with E-state index in [9.17, 15) is 0 Å². The van der Waals surface area contributed by atoms with E-state index < -0.39 is 0 Å². The first kappa shape index (κ1) is 13.0. The predicted octanol–water partition coefficient (Wildman–Crippen LogP) is 2.88. The number of hydrogen-bond donors (Lipinski definition) is 0. The van der Waals surface area contributed by atoms with Gasteiger partial charge in [0.1, 0.15) is 0 Å². The topological polar surface area (TPSA) is 25.4 Å². The summed E-state index contributed by atoms with van der Waals surface area (Å²) in [6, 6.07) is 0.496. The molecule has 1 saturated heterocycles. The highest BCUT2D eigenvalue weighted by Gasteiger charge is 2.24. The maximum absolute atomic E-state index is 5.64. The van der Waals surface area contributed by atoms with E-state index in [2.05, 4.69) is 38.0 Å². The van der Waals surface area contributed by atoms with Crippen molar-refractivity contribution in [2.75, 3.05) is 13.2 Å². The number of thiazole rings is 1. The van der Waals surface area contributed by atoms with Gasteiger partial charge in [0.2, 0.25) is 0 Å². The third-order valence-electron chi connectivity index (χ3n) is 3.17. The Labute approximate surface area is 108 Å². The fourth-order valence-electron chi connectivity index (χ4n) is 2.06.